The Labute approximate surface area is 94.2 Å². The molecular weight excluding hydrogens is 214 g/mol. The number of hydrogen-bond donors (Lipinski definition) is 0. The van der Waals surface area contributed by atoms with E-state index >= 15 is 0 Å². The maximum absolute atomic E-state index is 5.77. The molecule has 0 bridgehead atoms. The molecule has 0 amide bonds. The van der Waals surface area contributed by atoms with Crippen LogP contribution >= 0.6 is 11.6 Å². The fourth-order valence-electron chi connectivity index (χ4n) is 1.54. The SMILES string of the molecule is COc1cncc(N(CCCl)C2CC2)n1. The number of hydrogen-bond acceptors (Lipinski definition) is 4. The van der Waals surface area contributed by atoms with Crippen molar-refractivity contribution in [1.82, 2.24) is 9.97 Å². The fourth-order valence-corrected chi connectivity index (χ4v) is 1.72. The van der Waals surface area contributed by atoms with Gasteiger partial charge in [-0.15, -0.1) is 11.6 Å². The highest BCUT2D eigenvalue weighted by molar-refractivity contribution is 6.18. The van der Waals surface area contributed by atoms with Crippen molar-refractivity contribution in [3.05, 3.63) is 12.4 Å². The normalized spacial score (nSPS) is 15.1. The summed E-state index contributed by atoms with van der Waals surface area (Å²) in [6.45, 7) is 0.814. The minimum absolute atomic E-state index is 0.549. The first kappa shape index (κ1) is 10.5. The van der Waals surface area contributed by atoms with Crippen molar-refractivity contribution in [2.75, 3.05) is 24.4 Å². The molecule has 0 N–H and O–H groups in total. The Morgan fingerprint density at radius 1 is 1.53 bits per heavy atom. The highest BCUT2D eigenvalue weighted by Gasteiger charge is 2.29. The predicted molar refractivity (Wildman–Crippen MR) is 59.7 cm³/mol. The van der Waals surface area contributed by atoms with Gasteiger partial charge < -0.3 is 9.64 Å². The average molecular weight is 228 g/mol. The monoisotopic (exact) mass is 227 g/mol. The van der Waals surface area contributed by atoms with Gasteiger partial charge in [0.15, 0.2) is 5.82 Å². The third-order valence-corrected chi connectivity index (χ3v) is 2.59. The fraction of sp³-hybridized carbons (Fsp3) is 0.600. The number of halogens is 1. The molecule has 0 unspecified atom stereocenters. The largest absolute Gasteiger partial charge is 0.480 e. The third-order valence-electron chi connectivity index (χ3n) is 2.42. The molecule has 4 nitrogen and oxygen atoms in total. The molecule has 1 aromatic rings. The lowest BCUT2D eigenvalue weighted by atomic mass is 10.4. The van der Waals surface area contributed by atoms with Crippen LogP contribution in [0.1, 0.15) is 12.8 Å². The van der Waals surface area contributed by atoms with Crippen LogP contribution in [0.2, 0.25) is 0 Å². The van der Waals surface area contributed by atoms with Crippen LogP contribution in [0.25, 0.3) is 0 Å². The second-order valence-corrected chi connectivity index (χ2v) is 3.91. The van der Waals surface area contributed by atoms with Gasteiger partial charge in [0.05, 0.1) is 19.5 Å². The highest BCUT2D eigenvalue weighted by Crippen LogP contribution is 2.30. The average Bonchev–Trinajstić information content (AvgIpc) is 3.10. The van der Waals surface area contributed by atoms with E-state index in [-0.39, 0.29) is 0 Å². The van der Waals surface area contributed by atoms with Gasteiger partial charge in [-0.1, -0.05) is 0 Å². The van der Waals surface area contributed by atoms with Crippen molar-refractivity contribution >= 4 is 17.4 Å². The van der Waals surface area contributed by atoms with Crippen LogP contribution in [-0.2, 0) is 0 Å². The molecule has 1 heterocycles. The number of ether oxygens (including phenoxy) is 1. The van der Waals surface area contributed by atoms with Crippen molar-refractivity contribution < 1.29 is 4.74 Å². The Hall–Kier alpha value is -1.03. The summed E-state index contributed by atoms with van der Waals surface area (Å²) in [5.41, 5.74) is 0. The number of rotatable bonds is 5. The summed E-state index contributed by atoms with van der Waals surface area (Å²) >= 11 is 5.77. The minimum atomic E-state index is 0.549. The van der Waals surface area contributed by atoms with Gasteiger partial charge in [0.25, 0.3) is 0 Å². The quantitative estimate of drug-likeness (QED) is 0.718. The number of aromatic nitrogens is 2. The molecule has 1 saturated carbocycles. The van der Waals surface area contributed by atoms with E-state index in [1.165, 1.54) is 12.8 Å². The predicted octanol–water partition coefficient (Wildman–Crippen LogP) is 1.69. The molecule has 0 aliphatic heterocycles. The zero-order chi connectivity index (χ0) is 10.7. The Kier molecular flexibility index (Phi) is 3.26. The van der Waals surface area contributed by atoms with Crippen molar-refractivity contribution in [3.63, 3.8) is 0 Å². The maximum atomic E-state index is 5.77. The number of nitrogens with zero attached hydrogens (tertiary/aromatic N) is 3. The molecule has 1 aliphatic carbocycles. The summed E-state index contributed by atoms with van der Waals surface area (Å²) in [7, 11) is 1.59. The summed E-state index contributed by atoms with van der Waals surface area (Å²) in [6, 6.07) is 0.588. The highest BCUT2D eigenvalue weighted by atomic mass is 35.5. The van der Waals surface area contributed by atoms with E-state index in [1.54, 1.807) is 19.5 Å². The van der Waals surface area contributed by atoms with Crippen molar-refractivity contribution in [3.8, 4) is 5.88 Å². The first-order valence-corrected chi connectivity index (χ1v) is 5.57. The number of methoxy groups -OCH3 is 1. The van der Waals surface area contributed by atoms with Crippen LogP contribution < -0.4 is 9.64 Å². The molecule has 0 spiro atoms. The van der Waals surface area contributed by atoms with E-state index in [1.807, 2.05) is 0 Å². The van der Waals surface area contributed by atoms with Crippen LogP contribution in [0.4, 0.5) is 5.82 Å². The standard InChI is InChI=1S/C10H14ClN3O/c1-15-10-7-12-6-9(13-10)14(5-4-11)8-2-3-8/h6-8H,2-5H2,1H3. The van der Waals surface area contributed by atoms with Gasteiger partial charge in [0.2, 0.25) is 5.88 Å². The van der Waals surface area contributed by atoms with Gasteiger partial charge in [0.1, 0.15) is 0 Å². The Morgan fingerprint density at radius 2 is 2.33 bits per heavy atom. The molecule has 1 fully saturated rings. The van der Waals surface area contributed by atoms with Crippen LogP contribution in [0.5, 0.6) is 5.88 Å². The maximum Gasteiger partial charge on any atom is 0.233 e. The summed E-state index contributed by atoms with van der Waals surface area (Å²) < 4.78 is 5.05. The minimum Gasteiger partial charge on any atom is -0.480 e. The molecule has 0 aromatic carbocycles. The van der Waals surface area contributed by atoms with Gasteiger partial charge in [-0.05, 0) is 12.8 Å². The summed E-state index contributed by atoms with van der Waals surface area (Å²) in [5, 5.41) is 0. The van der Waals surface area contributed by atoms with Crippen LogP contribution in [0.15, 0.2) is 12.4 Å². The lowest BCUT2D eigenvalue weighted by molar-refractivity contribution is 0.395. The van der Waals surface area contributed by atoms with Crippen LogP contribution in [0.3, 0.4) is 0 Å². The third kappa shape index (κ3) is 2.50. The zero-order valence-electron chi connectivity index (χ0n) is 8.69. The molecular formula is C10H14ClN3O. The summed E-state index contributed by atoms with van der Waals surface area (Å²) in [5.74, 6) is 2.01. The molecule has 82 valence electrons. The molecule has 0 radical (unpaired) electrons. The van der Waals surface area contributed by atoms with Gasteiger partial charge in [0, 0.05) is 18.5 Å². The first-order chi connectivity index (χ1) is 7.35. The molecule has 15 heavy (non-hydrogen) atoms. The Morgan fingerprint density at radius 3 is 2.93 bits per heavy atom. The Bertz CT molecular complexity index is 330. The molecule has 5 heteroatoms. The van der Waals surface area contributed by atoms with E-state index in [4.69, 9.17) is 16.3 Å². The Balaban J connectivity index is 2.16. The van der Waals surface area contributed by atoms with Crippen LogP contribution in [0, 0.1) is 0 Å². The van der Waals surface area contributed by atoms with Crippen molar-refractivity contribution in [1.29, 1.82) is 0 Å². The van der Waals surface area contributed by atoms with E-state index in [2.05, 4.69) is 14.9 Å². The zero-order valence-corrected chi connectivity index (χ0v) is 9.44. The van der Waals surface area contributed by atoms with Gasteiger partial charge in [-0.3, -0.25) is 4.98 Å². The van der Waals surface area contributed by atoms with Crippen LogP contribution in [-0.4, -0.2) is 35.5 Å². The topological polar surface area (TPSA) is 38.2 Å². The molecule has 0 saturated heterocycles. The van der Waals surface area contributed by atoms with Gasteiger partial charge >= 0.3 is 0 Å². The summed E-state index contributed by atoms with van der Waals surface area (Å²) in [4.78, 5) is 10.6. The lowest BCUT2D eigenvalue weighted by Crippen LogP contribution is -2.28. The molecule has 0 atom stereocenters. The van der Waals surface area contributed by atoms with Crippen molar-refractivity contribution in [2.45, 2.75) is 18.9 Å². The second kappa shape index (κ2) is 4.66. The molecule has 1 aromatic heterocycles. The van der Waals surface area contributed by atoms with Gasteiger partial charge in [-0.25, -0.2) is 0 Å². The molecule has 1 aliphatic rings. The molecule has 2 rings (SSSR count). The lowest BCUT2D eigenvalue weighted by Gasteiger charge is -2.21. The number of anilines is 1. The summed E-state index contributed by atoms with van der Waals surface area (Å²) in [6.07, 6.45) is 5.80. The second-order valence-electron chi connectivity index (χ2n) is 3.53. The van der Waals surface area contributed by atoms with E-state index in [0.717, 1.165) is 12.4 Å². The number of alkyl halides is 1. The van der Waals surface area contributed by atoms with E-state index < -0.39 is 0 Å². The smallest absolute Gasteiger partial charge is 0.233 e. The van der Waals surface area contributed by atoms with Crippen molar-refractivity contribution in [2.24, 2.45) is 0 Å². The van der Waals surface area contributed by atoms with Gasteiger partial charge in [-0.2, -0.15) is 4.98 Å². The van der Waals surface area contributed by atoms with E-state index in [0.29, 0.717) is 17.8 Å². The van der Waals surface area contributed by atoms with E-state index in [9.17, 15) is 0 Å². The first-order valence-electron chi connectivity index (χ1n) is 5.04.